The van der Waals surface area contributed by atoms with Gasteiger partial charge in [0.1, 0.15) is 5.82 Å². The van der Waals surface area contributed by atoms with E-state index in [0.717, 1.165) is 16.7 Å². The number of rotatable bonds is 5. The molecule has 25 heavy (non-hydrogen) atoms. The van der Waals surface area contributed by atoms with Gasteiger partial charge in [-0.15, -0.1) is 0 Å². The van der Waals surface area contributed by atoms with Gasteiger partial charge in [-0.1, -0.05) is 18.2 Å². The normalized spacial score (nSPS) is 11.6. The van der Waals surface area contributed by atoms with Gasteiger partial charge in [0.2, 0.25) is 0 Å². The molecule has 0 aliphatic carbocycles. The van der Waals surface area contributed by atoms with Crippen LogP contribution in [0.3, 0.4) is 0 Å². The molecular formula is C19H17FN4O. The number of nitrogens with zero attached hydrogens (tertiary/aromatic N) is 2. The van der Waals surface area contributed by atoms with Gasteiger partial charge < -0.3 is 10.6 Å². The zero-order chi connectivity index (χ0) is 17.5. The SMILES string of the molecule is O=C(NCc1cccnc1)N[C@H](c1ccncc1)c1ccc(F)cc1. The van der Waals surface area contributed by atoms with Crippen LogP contribution in [-0.2, 0) is 6.54 Å². The van der Waals surface area contributed by atoms with E-state index in [4.69, 9.17) is 0 Å². The van der Waals surface area contributed by atoms with Crippen molar-refractivity contribution in [3.63, 3.8) is 0 Å². The molecule has 0 saturated heterocycles. The van der Waals surface area contributed by atoms with Crippen molar-refractivity contribution >= 4 is 6.03 Å². The molecule has 0 aliphatic heterocycles. The van der Waals surface area contributed by atoms with Crippen molar-refractivity contribution in [2.24, 2.45) is 0 Å². The van der Waals surface area contributed by atoms with E-state index in [9.17, 15) is 9.18 Å². The minimum atomic E-state index is -0.405. The largest absolute Gasteiger partial charge is 0.334 e. The summed E-state index contributed by atoms with van der Waals surface area (Å²) < 4.78 is 13.2. The first kappa shape index (κ1) is 16.6. The van der Waals surface area contributed by atoms with Crippen LogP contribution in [0.1, 0.15) is 22.7 Å². The van der Waals surface area contributed by atoms with Gasteiger partial charge >= 0.3 is 6.03 Å². The van der Waals surface area contributed by atoms with Gasteiger partial charge in [0.25, 0.3) is 0 Å². The van der Waals surface area contributed by atoms with Crippen molar-refractivity contribution in [3.05, 3.63) is 95.8 Å². The minimum Gasteiger partial charge on any atom is -0.334 e. The number of hydrogen-bond donors (Lipinski definition) is 2. The highest BCUT2D eigenvalue weighted by Crippen LogP contribution is 2.21. The molecule has 1 aromatic carbocycles. The van der Waals surface area contributed by atoms with Crippen LogP contribution in [0.15, 0.2) is 73.3 Å². The monoisotopic (exact) mass is 336 g/mol. The lowest BCUT2D eigenvalue weighted by atomic mass is 10.00. The predicted octanol–water partition coefficient (Wildman–Crippen LogP) is 3.20. The third-order valence-corrected chi connectivity index (χ3v) is 3.69. The van der Waals surface area contributed by atoms with Gasteiger partial charge in [-0.2, -0.15) is 0 Å². The number of benzene rings is 1. The summed E-state index contributed by atoms with van der Waals surface area (Å²) in [7, 11) is 0. The Morgan fingerprint density at radius 2 is 1.68 bits per heavy atom. The molecule has 6 heteroatoms. The third-order valence-electron chi connectivity index (χ3n) is 3.69. The van der Waals surface area contributed by atoms with E-state index >= 15 is 0 Å². The summed E-state index contributed by atoms with van der Waals surface area (Å²) in [6.45, 7) is 0.367. The number of hydrogen-bond acceptors (Lipinski definition) is 3. The zero-order valence-electron chi connectivity index (χ0n) is 13.4. The zero-order valence-corrected chi connectivity index (χ0v) is 13.4. The van der Waals surface area contributed by atoms with Gasteiger partial charge in [-0.05, 0) is 47.0 Å². The summed E-state index contributed by atoms with van der Waals surface area (Å²) in [6, 6.07) is 12.7. The van der Waals surface area contributed by atoms with Crippen molar-refractivity contribution in [1.29, 1.82) is 0 Å². The molecule has 2 N–H and O–H groups in total. The lowest BCUT2D eigenvalue weighted by Crippen LogP contribution is -2.38. The molecule has 2 heterocycles. The lowest BCUT2D eigenvalue weighted by Gasteiger charge is -2.20. The maximum absolute atomic E-state index is 13.2. The van der Waals surface area contributed by atoms with Crippen LogP contribution in [0, 0.1) is 5.82 Å². The Hall–Kier alpha value is -3.28. The number of nitrogens with one attached hydrogen (secondary N) is 2. The van der Waals surface area contributed by atoms with E-state index in [-0.39, 0.29) is 11.8 Å². The second-order valence-electron chi connectivity index (χ2n) is 5.45. The summed E-state index contributed by atoms with van der Waals surface area (Å²) >= 11 is 0. The van der Waals surface area contributed by atoms with Gasteiger partial charge in [-0.25, -0.2) is 9.18 Å². The Labute approximate surface area is 145 Å². The van der Waals surface area contributed by atoms with Crippen LogP contribution in [0.5, 0.6) is 0 Å². The topological polar surface area (TPSA) is 66.9 Å². The molecule has 2 aromatic heterocycles. The lowest BCUT2D eigenvalue weighted by molar-refractivity contribution is 0.238. The summed E-state index contributed by atoms with van der Waals surface area (Å²) in [5.41, 5.74) is 2.54. The van der Waals surface area contributed by atoms with Gasteiger partial charge in [0.05, 0.1) is 6.04 Å². The highest BCUT2D eigenvalue weighted by atomic mass is 19.1. The molecule has 5 nitrogen and oxygen atoms in total. The van der Waals surface area contributed by atoms with E-state index in [1.54, 1.807) is 36.9 Å². The number of pyridine rings is 2. The number of halogens is 1. The second kappa shape index (κ2) is 8.01. The number of carbonyl (C=O) groups is 1. The van der Waals surface area contributed by atoms with Crippen molar-refractivity contribution in [2.45, 2.75) is 12.6 Å². The fourth-order valence-electron chi connectivity index (χ4n) is 2.44. The number of urea groups is 1. The fourth-order valence-corrected chi connectivity index (χ4v) is 2.44. The summed E-state index contributed by atoms with van der Waals surface area (Å²) in [4.78, 5) is 20.3. The quantitative estimate of drug-likeness (QED) is 0.752. The maximum Gasteiger partial charge on any atom is 0.315 e. The second-order valence-corrected chi connectivity index (χ2v) is 5.45. The van der Waals surface area contributed by atoms with Crippen molar-refractivity contribution in [3.8, 4) is 0 Å². The fraction of sp³-hybridized carbons (Fsp3) is 0.105. The molecule has 0 aliphatic rings. The first-order valence-corrected chi connectivity index (χ1v) is 7.81. The van der Waals surface area contributed by atoms with Gasteiger partial charge in [0.15, 0.2) is 0 Å². The molecule has 3 aromatic rings. The highest BCUT2D eigenvalue weighted by Gasteiger charge is 2.16. The number of carbonyl (C=O) groups excluding carboxylic acids is 1. The summed E-state index contributed by atoms with van der Waals surface area (Å²) in [6.07, 6.45) is 6.68. The minimum absolute atomic E-state index is 0.321. The Morgan fingerprint density at radius 3 is 2.36 bits per heavy atom. The van der Waals surface area contributed by atoms with Crippen LogP contribution in [-0.4, -0.2) is 16.0 Å². The van der Waals surface area contributed by atoms with E-state index in [2.05, 4.69) is 20.6 Å². The molecule has 3 rings (SSSR count). The van der Waals surface area contributed by atoms with Crippen LogP contribution >= 0.6 is 0 Å². The van der Waals surface area contributed by atoms with Crippen LogP contribution in [0.25, 0.3) is 0 Å². The molecule has 0 spiro atoms. The number of amides is 2. The molecule has 126 valence electrons. The molecular weight excluding hydrogens is 319 g/mol. The predicted molar refractivity (Wildman–Crippen MR) is 92.1 cm³/mol. The Kier molecular flexibility index (Phi) is 5.31. The molecule has 2 amide bonds. The summed E-state index contributed by atoms with van der Waals surface area (Å²) in [5, 5.41) is 5.72. The highest BCUT2D eigenvalue weighted by molar-refractivity contribution is 5.75. The van der Waals surface area contributed by atoms with E-state index in [1.165, 1.54) is 12.1 Å². The van der Waals surface area contributed by atoms with Crippen molar-refractivity contribution in [1.82, 2.24) is 20.6 Å². The first-order chi connectivity index (χ1) is 12.2. The molecule has 0 unspecified atom stereocenters. The van der Waals surface area contributed by atoms with Crippen molar-refractivity contribution < 1.29 is 9.18 Å². The smallest absolute Gasteiger partial charge is 0.315 e. The van der Waals surface area contributed by atoms with Crippen molar-refractivity contribution in [2.75, 3.05) is 0 Å². The van der Waals surface area contributed by atoms with E-state index in [1.807, 2.05) is 24.3 Å². The van der Waals surface area contributed by atoms with Crippen LogP contribution in [0.4, 0.5) is 9.18 Å². The molecule has 0 radical (unpaired) electrons. The molecule has 0 saturated carbocycles. The average molecular weight is 336 g/mol. The Morgan fingerprint density at radius 1 is 0.960 bits per heavy atom. The summed E-state index contributed by atoms with van der Waals surface area (Å²) in [5.74, 6) is -0.321. The third kappa shape index (κ3) is 4.60. The molecule has 0 bridgehead atoms. The van der Waals surface area contributed by atoms with E-state index in [0.29, 0.717) is 6.54 Å². The van der Waals surface area contributed by atoms with E-state index < -0.39 is 6.04 Å². The first-order valence-electron chi connectivity index (χ1n) is 7.81. The Bertz CT molecular complexity index is 810. The maximum atomic E-state index is 13.2. The van der Waals surface area contributed by atoms with Crippen LogP contribution < -0.4 is 10.6 Å². The molecule has 0 fully saturated rings. The number of aromatic nitrogens is 2. The van der Waals surface area contributed by atoms with Crippen LogP contribution in [0.2, 0.25) is 0 Å². The van der Waals surface area contributed by atoms with Gasteiger partial charge in [0, 0.05) is 31.3 Å². The van der Waals surface area contributed by atoms with Gasteiger partial charge in [-0.3, -0.25) is 9.97 Å². The Balaban J connectivity index is 1.73. The standard InChI is InChI=1S/C19H17FN4O/c20-17-5-3-15(4-6-17)18(16-7-10-21-11-8-16)24-19(25)23-13-14-2-1-9-22-12-14/h1-12,18H,13H2,(H2,23,24,25)/t18-/m0/s1. The average Bonchev–Trinajstić information content (AvgIpc) is 2.67. The molecule has 1 atom stereocenters.